The molecule has 1 aliphatic heterocycles. The van der Waals surface area contributed by atoms with E-state index in [0.29, 0.717) is 25.5 Å². The van der Waals surface area contributed by atoms with Crippen LogP contribution >= 0.6 is 0 Å². The Kier molecular flexibility index (Phi) is 3.95. The molecule has 0 spiro atoms. The van der Waals surface area contributed by atoms with Crippen LogP contribution in [-0.4, -0.2) is 41.9 Å². The first-order chi connectivity index (χ1) is 7.72. The molecule has 2 bridgehead atoms. The van der Waals surface area contributed by atoms with E-state index in [4.69, 9.17) is 4.74 Å². The van der Waals surface area contributed by atoms with Gasteiger partial charge >= 0.3 is 0 Å². The molecule has 0 aromatic heterocycles. The minimum absolute atomic E-state index is 0.142. The average molecular weight is 227 g/mol. The van der Waals surface area contributed by atoms with Gasteiger partial charge < -0.3 is 9.84 Å². The smallest absolute Gasteiger partial charge is 0.216 e. The molecule has 0 radical (unpaired) electrons. The van der Waals surface area contributed by atoms with Crippen LogP contribution < -0.4 is 0 Å². The molecule has 2 rings (SSSR count). The Balaban J connectivity index is 1.80. The number of ketones is 1. The largest absolute Gasteiger partial charge is 0.356 e. The molecule has 3 atom stereocenters. The van der Waals surface area contributed by atoms with Gasteiger partial charge in [0.1, 0.15) is 5.78 Å². The van der Waals surface area contributed by atoms with Crippen molar-refractivity contribution in [2.24, 2.45) is 11.8 Å². The third-order valence-electron chi connectivity index (χ3n) is 3.66. The molecule has 92 valence electrons. The normalized spacial score (nSPS) is 32.0. The molecule has 1 aliphatic carbocycles. The number of ether oxygens (including phenoxy) is 1. The summed E-state index contributed by atoms with van der Waals surface area (Å²) in [6.07, 6.45) is 3.19. The standard InChI is InChI=1S/C12H21NO3/c1-2-3-6-16-12(15)13-7-9-4-5-10(8-13)11(9)14/h9-10,12,15H,2-8H2,1H3. The number of rotatable bonds is 5. The monoisotopic (exact) mass is 227 g/mol. The van der Waals surface area contributed by atoms with Gasteiger partial charge in [-0.25, -0.2) is 0 Å². The number of aliphatic hydroxyl groups is 1. The zero-order chi connectivity index (χ0) is 11.5. The van der Waals surface area contributed by atoms with E-state index >= 15 is 0 Å². The molecule has 1 heterocycles. The first-order valence-electron chi connectivity index (χ1n) is 6.29. The fourth-order valence-electron chi connectivity index (χ4n) is 2.64. The molecule has 0 aromatic rings. The van der Waals surface area contributed by atoms with E-state index in [0.717, 1.165) is 25.7 Å². The number of unbranched alkanes of at least 4 members (excludes halogenated alkanes) is 1. The highest BCUT2D eigenvalue weighted by Gasteiger charge is 2.42. The number of hydrogen-bond acceptors (Lipinski definition) is 4. The maximum atomic E-state index is 11.7. The van der Waals surface area contributed by atoms with Crippen LogP contribution in [-0.2, 0) is 9.53 Å². The highest BCUT2D eigenvalue weighted by molar-refractivity contribution is 5.86. The minimum Gasteiger partial charge on any atom is -0.356 e. The number of nitrogens with zero attached hydrogens (tertiary/aromatic N) is 1. The zero-order valence-corrected chi connectivity index (χ0v) is 9.89. The average Bonchev–Trinajstić information content (AvgIpc) is 2.53. The van der Waals surface area contributed by atoms with E-state index in [1.807, 2.05) is 4.90 Å². The maximum absolute atomic E-state index is 11.7. The Morgan fingerprint density at radius 1 is 1.44 bits per heavy atom. The van der Waals surface area contributed by atoms with Crippen LogP contribution in [0.5, 0.6) is 0 Å². The van der Waals surface area contributed by atoms with Crippen molar-refractivity contribution in [3.8, 4) is 0 Å². The van der Waals surface area contributed by atoms with Crippen LogP contribution in [0.25, 0.3) is 0 Å². The van der Waals surface area contributed by atoms with Gasteiger partial charge in [0.05, 0.1) is 6.61 Å². The van der Waals surface area contributed by atoms with Gasteiger partial charge in [0.15, 0.2) is 0 Å². The van der Waals surface area contributed by atoms with Crippen LogP contribution in [0, 0.1) is 11.8 Å². The summed E-state index contributed by atoms with van der Waals surface area (Å²) < 4.78 is 5.35. The number of carbonyl (C=O) groups is 1. The molecule has 2 fully saturated rings. The first-order valence-corrected chi connectivity index (χ1v) is 6.29. The Bertz CT molecular complexity index is 241. The van der Waals surface area contributed by atoms with Crippen molar-refractivity contribution in [1.82, 2.24) is 4.90 Å². The molecule has 0 amide bonds. The number of hydrogen-bond donors (Lipinski definition) is 1. The third kappa shape index (κ3) is 2.44. The third-order valence-corrected chi connectivity index (χ3v) is 3.66. The van der Waals surface area contributed by atoms with Gasteiger partial charge in [-0.1, -0.05) is 13.3 Å². The lowest BCUT2D eigenvalue weighted by Gasteiger charge is -2.33. The lowest BCUT2D eigenvalue weighted by Crippen LogP contribution is -2.48. The Morgan fingerprint density at radius 3 is 2.62 bits per heavy atom. The van der Waals surface area contributed by atoms with Crippen LogP contribution in [0.15, 0.2) is 0 Å². The molecular formula is C12H21NO3. The van der Waals surface area contributed by atoms with Crippen molar-refractivity contribution in [3.63, 3.8) is 0 Å². The Hall–Kier alpha value is -0.450. The van der Waals surface area contributed by atoms with Crippen molar-refractivity contribution < 1.29 is 14.6 Å². The molecule has 4 nitrogen and oxygen atoms in total. The summed E-state index contributed by atoms with van der Waals surface area (Å²) >= 11 is 0. The molecule has 1 N–H and O–H groups in total. The van der Waals surface area contributed by atoms with E-state index in [-0.39, 0.29) is 11.8 Å². The minimum atomic E-state index is -0.817. The number of piperidine rings is 1. The van der Waals surface area contributed by atoms with Gasteiger partial charge in [-0.2, -0.15) is 0 Å². The lowest BCUT2D eigenvalue weighted by molar-refractivity contribution is -0.202. The van der Waals surface area contributed by atoms with Gasteiger partial charge in [-0.3, -0.25) is 9.69 Å². The van der Waals surface area contributed by atoms with Gasteiger partial charge in [-0.15, -0.1) is 0 Å². The molecule has 1 saturated heterocycles. The molecule has 1 saturated carbocycles. The number of likely N-dealkylation sites (tertiary alicyclic amines) is 1. The van der Waals surface area contributed by atoms with E-state index in [9.17, 15) is 9.90 Å². The fraction of sp³-hybridized carbons (Fsp3) is 0.917. The van der Waals surface area contributed by atoms with Crippen molar-refractivity contribution in [1.29, 1.82) is 0 Å². The van der Waals surface area contributed by atoms with Crippen molar-refractivity contribution >= 4 is 5.78 Å². The molecule has 2 aliphatic rings. The highest BCUT2D eigenvalue weighted by atomic mass is 16.6. The van der Waals surface area contributed by atoms with E-state index in [1.54, 1.807) is 0 Å². The number of carbonyl (C=O) groups excluding carboxylic acids is 1. The summed E-state index contributed by atoms with van der Waals surface area (Å²) in [5, 5.41) is 9.84. The zero-order valence-electron chi connectivity index (χ0n) is 9.89. The Labute approximate surface area is 96.6 Å². The number of aliphatic hydroxyl groups excluding tert-OH is 1. The second-order valence-corrected chi connectivity index (χ2v) is 4.88. The molecule has 3 unspecified atom stereocenters. The lowest BCUT2D eigenvalue weighted by atomic mass is 9.97. The maximum Gasteiger partial charge on any atom is 0.216 e. The van der Waals surface area contributed by atoms with Crippen molar-refractivity contribution in [3.05, 3.63) is 0 Å². The van der Waals surface area contributed by atoms with Crippen LogP contribution in [0.3, 0.4) is 0 Å². The van der Waals surface area contributed by atoms with E-state index in [1.165, 1.54) is 0 Å². The van der Waals surface area contributed by atoms with Crippen LogP contribution in [0.4, 0.5) is 0 Å². The SMILES string of the molecule is CCCCOC(O)N1CC2CCC(C1)C2=O. The van der Waals surface area contributed by atoms with Gasteiger partial charge in [0.25, 0.3) is 0 Å². The summed E-state index contributed by atoms with van der Waals surface area (Å²) in [5.74, 6) is 0.684. The molecule has 0 aromatic carbocycles. The number of Topliss-reactive ketones (excluding diaryl/α,β-unsaturated/α-hetero) is 1. The summed E-state index contributed by atoms with van der Waals surface area (Å²) in [6.45, 7) is 4.03. The van der Waals surface area contributed by atoms with Gasteiger partial charge in [0, 0.05) is 24.9 Å². The molecule has 16 heavy (non-hydrogen) atoms. The topological polar surface area (TPSA) is 49.8 Å². The summed E-state index contributed by atoms with van der Waals surface area (Å²) in [5.41, 5.74) is 0. The number of fused-ring (bicyclic) bond motifs is 2. The van der Waals surface area contributed by atoms with Gasteiger partial charge in [0.2, 0.25) is 6.41 Å². The molecule has 4 heteroatoms. The van der Waals surface area contributed by atoms with Crippen molar-refractivity contribution in [2.45, 2.75) is 39.0 Å². The summed E-state index contributed by atoms with van der Waals surface area (Å²) in [7, 11) is 0. The predicted octanol–water partition coefficient (Wildman–Crippen LogP) is 0.990. The second-order valence-electron chi connectivity index (χ2n) is 4.88. The van der Waals surface area contributed by atoms with Crippen molar-refractivity contribution in [2.75, 3.05) is 19.7 Å². The van der Waals surface area contributed by atoms with Crippen LogP contribution in [0.1, 0.15) is 32.6 Å². The van der Waals surface area contributed by atoms with Gasteiger partial charge in [-0.05, 0) is 19.3 Å². The van der Waals surface area contributed by atoms with E-state index in [2.05, 4.69) is 6.92 Å². The fourth-order valence-corrected chi connectivity index (χ4v) is 2.64. The second kappa shape index (κ2) is 5.25. The highest BCUT2D eigenvalue weighted by Crippen LogP contribution is 2.33. The summed E-state index contributed by atoms with van der Waals surface area (Å²) in [6, 6.07) is 0. The van der Waals surface area contributed by atoms with E-state index < -0.39 is 6.41 Å². The predicted molar refractivity (Wildman–Crippen MR) is 59.7 cm³/mol. The first kappa shape index (κ1) is 12.0. The Morgan fingerprint density at radius 2 is 2.06 bits per heavy atom. The summed E-state index contributed by atoms with van der Waals surface area (Å²) in [4.78, 5) is 13.6. The molecular weight excluding hydrogens is 206 g/mol. The quantitative estimate of drug-likeness (QED) is 0.562. The van der Waals surface area contributed by atoms with Crippen LogP contribution in [0.2, 0.25) is 0 Å².